The number of rotatable bonds is 11. The van der Waals surface area contributed by atoms with Crippen molar-refractivity contribution in [2.24, 2.45) is 4.99 Å². The van der Waals surface area contributed by atoms with Crippen molar-refractivity contribution < 1.29 is 17.6 Å². The Balaban J connectivity index is 1.92. The Bertz CT molecular complexity index is 1320. The zero-order valence-electron chi connectivity index (χ0n) is 19.5. The van der Waals surface area contributed by atoms with E-state index in [0.29, 0.717) is 34.7 Å². The minimum absolute atomic E-state index is 0.155. The number of fused-ring (bicyclic) bond motifs is 1. The summed E-state index contributed by atoms with van der Waals surface area (Å²) in [6.45, 7) is 9.01. The number of para-hydroxylation sites is 1. The molecule has 1 aromatic heterocycles. The highest BCUT2D eigenvalue weighted by Gasteiger charge is 2.23. The Hall–Kier alpha value is -2.62. The molecule has 1 amide bonds. The fourth-order valence-corrected chi connectivity index (χ4v) is 6.13. The molecule has 0 saturated heterocycles. The van der Waals surface area contributed by atoms with Crippen LogP contribution in [0, 0.1) is 5.82 Å². The number of carbonyl (C=O) groups is 1. The van der Waals surface area contributed by atoms with Gasteiger partial charge in [0.25, 0.3) is 5.91 Å². The van der Waals surface area contributed by atoms with Crippen molar-refractivity contribution in [2.75, 3.05) is 13.1 Å². The van der Waals surface area contributed by atoms with Crippen molar-refractivity contribution >= 4 is 37.5 Å². The highest BCUT2D eigenvalue weighted by Crippen LogP contribution is 2.21. The minimum Gasteiger partial charge on any atom is -0.310 e. The highest BCUT2D eigenvalue weighted by molar-refractivity contribution is 7.89. The SMILES string of the molecule is C=CCn1c(=NC(=O)c2ccc(S(=O)(=O)N(CCCC)CCCC)cc2)sc2cccc(F)c21. The van der Waals surface area contributed by atoms with E-state index in [1.165, 1.54) is 46.0 Å². The first kappa shape index (κ1) is 26.0. The molecule has 6 nitrogen and oxygen atoms in total. The van der Waals surface area contributed by atoms with E-state index >= 15 is 0 Å². The molecule has 34 heavy (non-hydrogen) atoms. The summed E-state index contributed by atoms with van der Waals surface area (Å²) in [5.41, 5.74) is 0.635. The molecule has 0 N–H and O–H groups in total. The summed E-state index contributed by atoms with van der Waals surface area (Å²) < 4.78 is 44.5. The predicted octanol–water partition coefficient (Wildman–Crippen LogP) is 5.36. The number of nitrogens with zero attached hydrogens (tertiary/aromatic N) is 3. The molecule has 2 aromatic carbocycles. The standard InChI is InChI=1S/C25H30FN3O3S2/c1-4-7-17-28(18-8-5-2)34(31,32)20-14-12-19(13-15-20)24(30)27-25-29(16-6-3)23-21(26)10-9-11-22(23)33-25/h6,9-15H,3-5,7-8,16-18H2,1-2H3. The van der Waals surface area contributed by atoms with Crippen LogP contribution in [0.5, 0.6) is 0 Å². The van der Waals surface area contributed by atoms with Crippen LogP contribution in [0.1, 0.15) is 49.9 Å². The average molecular weight is 504 g/mol. The molecule has 0 saturated carbocycles. The molecule has 0 aliphatic rings. The summed E-state index contributed by atoms with van der Waals surface area (Å²) >= 11 is 1.21. The second-order valence-electron chi connectivity index (χ2n) is 7.92. The van der Waals surface area contributed by atoms with E-state index in [1.807, 2.05) is 13.8 Å². The highest BCUT2D eigenvalue weighted by atomic mass is 32.2. The lowest BCUT2D eigenvalue weighted by Crippen LogP contribution is -2.33. The van der Waals surface area contributed by atoms with Crippen LogP contribution < -0.4 is 4.80 Å². The zero-order valence-corrected chi connectivity index (χ0v) is 21.2. The Morgan fingerprint density at radius 1 is 1.12 bits per heavy atom. The summed E-state index contributed by atoms with van der Waals surface area (Å²) in [7, 11) is -3.65. The number of unbranched alkanes of at least 4 members (excludes halogenated alkanes) is 2. The molecular formula is C25H30FN3O3S2. The Morgan fingerprint density at radius 2 is 1.76 bits per heavy atom. The molecule has 3 aromatic rings. The molecule has 9 heteroatoms. The molecular weight excluding hydrogens is 473 g/mol. The van der Waals surface area contributed by atoms with Gasteiger partial charge in [0.1, 0.15) is 5.82 Å². The van der Waals surface area contributed by atoms with Gasteiger partial charge < -0.3 is 4.57 Å². The van der Waals surface area contributed by atoms with Gasteiger partial charge in [-0.1, -0.05) is 50.2 Å². The molecule has 0 aliphatic heterocycles. The largest absolute Gasteiger partial charge is 0.310 e. The molecule has 182 valence electrons. The van der Waals surface area contributed by atoms with Gasteiger partial charge in [0.05, 0.1) is 15.1 Å². The lowest BCUT2D eigenvalue weighted by molar-refractivity contribution is 0.0997. The summed E-state index contributed by atoms with van der Waals surface area (Å²) in [6.07, 6.45) is 5.00. The molecule has 0 unspecified atom stereocenters. The van der Waals surface area contributed by atoms with Gasteiger partial charge in [-0.25, -0.2) is 12.8 Å². The number of amides is 1. The third kappa shape index (κ3) is 5.71. The molecule has 0 fully saturated rings. The van der Waals surface area contributed by atoms with E-state index in [2.05, 4.69) is 11.6 Å². The van der Waals surface area contributed by atoms with Crippen LogP contribution in [0.3, 0.4) is 0 Å². The van der Waals surface area contributed by atoms with Crippen LogP contribution in [-0.4, -0.2) is 36.3 Å². The van der Waals surface area contributed by atoms with Crippen LogP contribution in [0.2, 0.25) is 0 Å². The van der Waals surface area contributed by atoms with E-state index in [0.717, 1.165) is 25.7 Å². The van der Waals surface area contributed by atoms with Gasteiger partial charge in [0.2, 0.25) is 10.0 Å². The van der Waals surface area contributed by atoms with E-state index in [-0.39, 0.29) is 10.5 Å². The van der Waals surface area contributed by atoms with Gasteiger partial charge in [-0.2, -0.15) is 9.30 Å². The number of halogens is 1. The lowest BCUT2D eigenvalue weighted by atomic mass is 10.2. The summed E-state index contributed by atoms with van der Waals surface area (Å²) in [6, 6.07) is 10.6. The zero-order chi connectivity index (χ0) is 24.7. The van der Waals surface area contributed by atoms with Gasteiger partial charge >= 0.3 is 0 Å². The molecule has 1 heterocycles. The number of allylic oxidation sites excluding steroid dienone is 1. The Morgan fingerprint density at radius 3 is 2.35 bits per heavy atom. The van der Waals surface area contributed by atoms with Gasteiger partial charge in [-0.05, 0) is 49.2 Å². The number of sulfonamides is 1. The van der Waals surface area contributed by atoms with Gasteiger partial charge in [-0.3, -0.25) is 4.79 Å². The van der Waals surface area contributed by atoms with E-state index in [1.54, 1.807) is 22.8 Å². The number of thiazole rings is 1. The van der Waals surface area contributed by atoms with Crippen molar-refractivity contribution in [2.45, 2.75) is 51.0 Å². The van der Waals surface area contributed by atoms with Crippen molar-refractivity contribution in [3.8, 4) is 0 Å². The van der Waals surface area contributed by atoms with Gasteiger partial charge in [0, 0.05) is 25.2 Å². The first-order chi connectivity index (χ1) is 16.3. The van der Waals surface area contributed by atoms with Crippen LogP contribution in [0.4, 0.5) is 4.39 Å². The smallest absolute Gasteiger partial charge is 0.279 e. The number of hydrogen-bond acceptors (Lipinski definition) is 4. The molecule has 0 bridgehead atoms. The van der Waals surface area contributed by atoms with Crippen LogP contribution in [-0.2, 0) is 16.6 Å². The van der Waals surface area contributed by atoms with Crippen molar-refractivity contribution in [3.05, 3.63) is 71.3 Å². The fraction of sp³-hybridized carbons (Fsp3) is 0.360. The number of benzene rings is 2. The first-order valence-electron chi connectivity index (χ1n) is 11.4. The number of aromatic nitrogens is 1. The third-order valence-electron chi connectivity index (χ3n) is 5.42. The second kappa shape index (κ2) is 11.7. The molecule has 0 atom stereocenters. The monoisotopic (exact) mass is 503 g/mol. The third-order valence-corrected chi connectivity index (χ3v) is 8.38. The first-order valence-corrected chi connectivity index (χ1v) is 13.7. The number of carbonyl (C=O) groups excluding carboxylic acids is 1. The van der Waals surface area contributed by atoms with Crippen molar-refractivity contribution in [1.82, 2.24) is 8.87 Å². The number of hydrogen-bond donors (Lipinski definition) is 0. The maximum atomic E-state index is 14.4. The van der Waals surface area contributed by atoms with Crippen molar-refractivity contribution in [3.63, 3.8) is 0 Å². The average Bonchev–Trinajstić information content (AvgIpc) is 3.17. The second-order valence-corrected chi connectivity index (χ2v) is 10.9. The van der Waals surface area contributed by atoms with Crippen LogP contribution in [0.25, 0.3) is 10.2 Å². The van der Waals surface area contributed by atoms with Crippen LogP contribution in [0.15, 0.2) is 65.0 Å². The fourth-order valence-electron chi connectivity index (χ4n) is 3.56. The minimum atomic E-state index is -3.65. The maximum absolute atomic E-state index is 14.4. The van der Waals surface area contributed by atoms with Crippen molar-refractivity contribution in [1.29, 1.82) is 0 Å². The maximum Gasteiger partial charge on any atom is 0.279 e. The Kier molecular flexibility index (Phi) is 8.93. The van der Waals surface area contributed by atoms with Crippen LogP contribution >= 0.6 is 11.3 Å². The summed E-state index contributed by atoms with van der Waals surface area (Å²) in [5.74, 6) is -0.919. The molecule has 0 aliphatic carbocycles. The molecule has 0 spiro atoms. The van der Waals surface area contributed by atoms with E-state index < -0.39 is 21.7 Å². The van der Waals surface area contributed by atoms with Gasteiger partial charge in [-0.15, -0.1) is 6.58 Å². The van der Waals surface area contributed by atoms with E-state index in [4.69, 9.17) is 0 Å². The summed E-state index contributed by atoms with van der Waals surface area (Å²) in [4.78, 5) is 17.6. The quantitative estimate of drug-likeness (QED) is 0.331. The Labute approximate surface area is 204 Å². The lowest BCUT2D eigenvalue weighted by Gasteiger charge is -2.22. The van der Waals surface area contributed by atoms with E-state index in [9.17, 15) is 17.6 Å². The normalized spacial score (nSPS) is 12.5. The molecule has 3 rings (SSSR count). The van der Waals surface area contributed by atoms with Gasteiger partial charge in [0.15, 0.2) is 4.80 Å². The summed E-state index contributed by atoms with van der Waals surface area (Å²) in [5, 5.41) is 0. The molecule has 0 radical (unpaired) electrons. The topological polar surface area (TPSA) is 71.7 Å². The predicted molar refractivity (Wildman–Crippen MR) is 135 cm³/mol.